The van der Waals surface area contributed by atoms with Gasteiger partial charge in [0, 0.05) is 9.50 Å². The van der Waals surface area contributed by atoms with Crippen molar-refractivity contribution in [3.05, 3.63) is 60.8 Å². The van der Waals surface area contributed by atoms with Crippen molar-refractivity contribution in [2.45, 2.75) is 0 Å². The molecule has 2 nitrogen and oxygen atoms in total. The third-order valence-corrected chi connectivity index (χ3v) is 5.26. The first-order valence-corrected chi connectivity index (χ1v) is 7.79. The highest BCUT2D eigenvalue weighted by atomic mass is 127. The van der Waals surface area contributed by atoms with Gasteiger partial charge < -0.3 is 4.74 Å². The summed E-state index contributed by atoms with van der Waals surface area (Å²) in [5.41, 5.74) is -0.0283. The number of carbonyl (C=O) groups is 1. The van der Waals surface area contributed by atoms with Crippen molar-refractivity contribution in [2.75, 3.05) is 6.61 Å². The zero-order chi connectivity index (χ0) is 14.7. The van der Waals surface area contributed by atoms with Crippen LogP contribution in [0.2, 0.25) is 5.02 Å². The molecule has 0 unspecified atom stereocenters. The molecule has 0 aliphatic heterocycles. The molecule has 0 saturated carbocycles. The Balaban J connectivity index is 2.11. The van der Waals surface area contributed by atoms with Crippen LogP contribution >= 0.6 is 50.1 Å². The molecule has 0 aliphatic rings. The fourth-order valence-electron chi connectivity index (χ4n) is 1.53. The average molecular weight is 469 g/mol. The molecule has 2 rings (SSSR count). The number of benzene rings is 2. The Morgan fingerprint density at radius 3 is 2.80 bits per heavy atom. The van der Waals surface area contributed by atoms with Crippen molar-refractivity contribution in [1.82, 2.24) is 0 Å². The molecule has 0 bridgehead atoms. The van der Waals surface area contributed by atoms with E-state index in [9.17, 15) is 9.18 Å². The molecule has 0 fully saturated rings. The van der Waals surface area contributed by atoms with E-state index in [0.717, 1.165) is 14.1 Å². The summed E-state index contributed by atoms with van der Waals surface area (Å²) in [5.74, 6) is -0.507. The molecule has 0 spiro atoms. The summed E-state index contributed by atoms with van der Waals surface area (Å²) < 4.78 is 20.8. The molecule has 6 heteroatoms. The fraction of sp³-hybridized carbons (Fsp3) is 0.0714. The van der Waals surface area contributed by atoms with Gasteiger partial charge in [0.25, 0.3) is 0 Å². The van der Waals surface area contributed by atoms with E-state index in [2.05, 4.69) is 38.5 Å². The highest BCUT2D eigenvalue weighted by Gasteiger charge is 2.14. The summed E-state index contributed by atoms with van der Waals surface area (Å²) in [7, 11) is 0. The third kappa shape index (κ3) is 3.71. The van der Waals surface area contributed by atoms with Crippen LogP contribution in [0.5, 0.6) is 5.75 Å². The molecule has 0 saturated heterocycles. The zero-order valence-corrected chi connectivity index (χ0v) is 14.5. The normalized spacial score (nSPS) is 10.4. The molecular weight excluding hydrogens is 461 g/mol. The largest absolute Gasteiger partial charge is 0.484 e. The molecule has 0 aromatic heterocycles. The Kier molecular flexibility index (Phi) is 5.40. The lowest BCUT2D eigenvalue weighted by molar-refractivity contribution is 0.0917. The van der Waals surface area contributed by atoms with Crippen LogP contribution in [0.25, 0.3) is 0 Å². The summed E-state index contributed by atoms with van der Waals surface area (Å²) in [6.07, 6.45) is 0. The van der Waals surface area contributed by atoms with Crippen LogP contribution < -0.4 is 4.74 Å². The first-order valence-electron chi connectivity index (χ1n) is 5.54. The van der Waals surface area contributed by atoms with Crippen LogP contribution in [0.1, 0.15) is 10.4 Å². The van der Waals surface area contributed by atoms with E-state index < -0.39 is 11.6 Å². The zero-order valence-electron chi connectivity index (χ0n) is 10.00. The van der Waals surface area contributed by atoms with Gasteiger partial charge in [-0.2, -0.15) is 0 Å². The lowest BCUT2D eigenvalue weighted by Gasteiger charge is -2.09. The Bertz CT molecular complexity index is 664. The summed E-state index contributed by atoms with van der Waals surface area (Å²) in [6, 6.07) is 9.36. The molecule has 2 aromatic carbocycles. The van der Waals surface area contributed by atoms with E-state index in [1.807, 2.05) is 6.07 Å². The van der Waals surface area contributed by atoms with Crippen molar-refractivity contribution in [3.63, 3.8) is 0 Å². The molecule has 0 atom stereocenters. The number of rotatable bonds is 4. The number of hydrogen-bond donors (Lipinski definition) is 0. The van der Waals surface area contributed by atoms with Crippen molar-refractivity contribution < 1.29 is 13.9 Å². The molecule has 104 valence electrons. The average Bonchev–Trinajstić information content (AvgIpc) is 2.40. The molecule has 0 radical (unpaired) electrons. The quantitative estimate of drug-likeness (QED) is 0.460. The van der Waals surface area contributed by atoms with E-state index in [-0.39, 0.29) is 17.2 Å². The van der Waals surface area contributed by atoms with Gasteiger partial charge in [-0.05, 0) is 68.9 Å². The van der Waals surface area contributed by atoms with Gasteiger partial charge in [-0.3, -0.25) is 4.79 Å². The van der Waals surface area contributed by atoms with Crippen LogP contribution in [0.15, 0.2) is 40.9 Å². The number of Topliss-reactive ketones (excluding diaryl/α,β-unsaturated/α-hetero) is 1. The summed E-state index contributed by atoms with van der Waals surface area (Å²) >= 11 is 11.1. The van der Waals surface area contributed by atoms with Crippen molar-refractivity contribution in [2.24, 2.45) is 0 Å². The Hall–Kier alpha value is -0.660. The van der Waals surface area contributed by atoms with Gasteiger partial charge in [0.15, 0.2) is 6.61 Å². The SMILES string of the molecule is O=C(COc1cccc(Br)c1I)c1ccc(Cl)cc1F. The van der Waals surface area contributed by atoms with Gasteiger partial charge in [-0.1, -0.05) is 17.7 Å². The minimum Gasteiger partial charge on any atom is -0.484 e. The number of hydrogen-bond acceptors (Lipinski definition) is 2. The van der Waals surface area contributed by atoms with Crippen molar-refractivity contribution in [3.8, 4) is 5.75 Å². The van der Waals surface area contributed by atoms with Crippen LogP contribution in [-0.2, 0) is 0 Å². The minimum atomic E-state index is -0.643. The smallest absolute Gasteiger partial charge is 0.203 e. The molecule has 0 aliphatic carbocycles. The van der Waals surface area contributed by atoms with Gasteiger partial charge in [0.1, 0.15) is 11.6 Å². The van der Waals surface area contributed by atoms with Gasteiger partial charge in [0.05, 0.1) is 9.13 Å². The predicted molar refractivity (Wildman–Crippen MR) is 88.1 cm³/mol. The lowest BCUT2D eigenvalue weighted by atomic mass is 10.1. The molecule has 0 amide bonds. The maximum Gasteiger partial charge on any atom is 0.203 e. The first kappa shape index (κ1) is 15.7. The van der Waals surface area contributed by atoms with Gasteiger partial charge >= 0.3 is 0 Å². The topological polar surface area (TPSA) is 26.3 Å². The van der Waals surface area contributed by atoms with E-state index >= 15 is 0 Å². The second kappa shape index (κ2) is 6.87. The standard InChI is InChI=1S/C14H8BrClFIO2/c15-10-2-1-3-13(14(10)18)20-7-12(19)9-5-4-8(16)6-11(9)17/h1-6H,7H2. The highest BCUT2D eigenvalue weighted by Crippen LogP contribution is 2.28. The minimum absolute atomic E-state index is 0.0283. The third-order valence-electron chi connectivity index (χ3n) is 2.51. The van der Waals surface area contributed by atoms with E-state index in [0.29, 0.717) is 5.75 Å². The second-order valence-corrected chi connectivity index (χ2v) is 6.26. The van der Waals surface area contributed by atoms with Crippen LogP contribution in [0, 0.1) is 9.39 Å². The summed E-state index contributed by atoms with van der Waals surface area (Å²) in [6.45, 7) is -0.231. The van der Waals surface area contributed by atoms with Gasteiger partial charge in [-0.25, -0.2) is 4.39 Å². The van der Waals surface area contributed by atoms with Crippen LogP contribution in [-0.4, -0.2) is 12.4 Å². The molecule has 0 N–H and O–H groups in total. The second-order valence-electron chi connectivity index (χ2n) is 3.89. The number of carbonyl (C=O) groups excluding carboxylic acids is 1. The van der Waals surface area contributed by atoms with E-state index in [1.165, 1.54) is 12.1 Å². The van der Waals surface area contributed by atoms with Crippen LogP contribution in [0.4, 0.5) is 4.39 Å². The van der Waals surface area contributed by atoms with Crippen molar-refractivity contribution in [1.29, 1.82) is 0 Å². The lowest BCUT2D eigenvalue weighted by Crippen LogP contribution is -2.13. The maximum absolute atomic E-state index is 13.6. The first-order chi connectivity index (χ1) is 9.49. The Labute approximate surface area is 142 Å². The fourth-order valence-corrected chi connectivity index (χ4v) is 2.55. The molecule has 20 heavy (non-hydrogen) atoms. The summed E-state index contributed by atoms with van der Waals surface area (Å²) in [5, 5.41) is 0.251. The Morgan fingerprint density at radius 2 is 2.10 bits per heavy atom. The number of halogens is 4. The number of ketones is 1. The van der Waals surface area contributed by atoms with Crippen LogP contribution in [0.3, 0.4) is 0 Å². The monoisotopic (exact) mass is 468 g/mol. The number of ether oxygens (including phenoxy) is 1. The van der Waals surface area contributed by atoms with E-state index in [4.69, 9.17) is 16.3 Å². The van der Waals surface area contributed by atoms with Gasteiger partial charge in [-0.15, -0.1) is 0 Å². The molecule has 2 aromatic rings. The van der Waals surface area contributed by atoms with Gasteiger partial charge in [0.2, 0.25) is 5.78 Å². The maximum atomic E-state index is 13.6. The molecule has 0 heterocycles. The summed E-state index contributed by atoms with van der Waals surface area (Å²) in [4.78, 5) is 11.9. The highest BCUT2D eigenvalue weighted by molar-refractivity contribution is 14.1. The Morgan fingerprint density at radius 1 is 1.35 bits per heavy atom. The van der Waals surface area contributed by atoms with Crippen molar-refractivity contribution >= 4 is 55.9 Å². The predicted octanol–water partition coefficient (Wildman–Crippen LogP) is 5.11. The molecular formula is C14H8BrClFIO2. The van der Waals surface area contributed by atoms with E-state index in [1.54, 1.807) is 12.1 Å².